The highest BCUT2D eigenvalue weighted by Gasteiger charge is 2.04. The number of fused-ring (bicyclic) bond motifs is 1. The molecular formula is C13H11N3OS. The van der Waals surface area contributed by atoms with Crippen molar-refractivity contribution in [1.29, 1.82) is 0 Å². The van der Waals surface area contributed by atoms with Gasteiger partial charge in [0.2, 0.25) is 0 Å². The van der Waals surface area contributed by atoms with E-state index < -0.39 is 0 Å². The molecule has 0 aliphatic rings. The lowest BCUT2D eigenvalue weighted by Gasteiger charge is -2.05. The summed E-state index contributed by atoms with van der Waals surface area (Å²) in [6, 6.07) is 7.32. The molecule has 0 aliphatic carbocycles. The monoisotopic (exact) mass is 257 g/mol. The maximum Gasteiger partial charge on any atom is 0.259 e. The van der Waals surface area contributed by atoms with Crippen molar-refractivity contribution in [1.82, 2.24) is 9.55 Å². The maximum atomic E-state index is 12.2. The fourth-order valence-corrected chi connectivity index (χ4v) is 2.66. The molecule has 0 atom stereocenters. The van der Waals surface area contributed by atoms with Gasteiger partial charge in [0.15, 0.2) is 0 Å². The van der Waals surface area contributed by atoms with Crippen molar-refractivity contribution < 1.29 is 0 Å². The largest absolute Gasteiger partial charge is 0.399 e. The first-order valence-electron chi connectivity index (χ1n) is 5.51. The van der Waals surface area contributed by atoms with Gasteiger partial charge in [-0.05, 0) is 29.6 Å². The second kappa shape index (κ2) is 4.27. The Kier molecular flexibility index (Phi) is 2.60. The summed E-state index contributed by atoms with van der Waals surface area (Å²) in [6.07, 6.45) is 3.45. The average molecular weight is 257 g/mol. The molecule has 0 bridgehead atoms. The van der Waals surface area contributed by atoms with Gasteiger partial charge in [-0.15, -0.1) is 11.3 Å². The lowest BCUT2D eigenvalue weighted by Crippen LogP contribution is -2.19. The number of hydrogen-bond acceptors (Lipinski definition) is 4. The quantitative estimate of drug-likeness (QED) is 0.764. The van der Waals surface area contributed by atoms with Gasteiger partial charge in [-0.1, -0.05) is 0 Å². The molecule has 0 spiro atoms. The Morgan fingerprint density at radius 2 is 2.22 bits per heavy atom. The molecule has 0 saturated heterocycles. The van der Waals surface area contributed by atoms with Crippen LogP contribution in [0.2, 0.25) is 0 Å². The normalized spacial score (nSPS) is 10.9. The Bertz CT molecular complexity index is 760. The minimum atomic E-state index is 0.0120. The van der Waals surface area contributed by atoms with Gasteiger partial charge in [0.05, 0.1) is 17.6 Å². The van der Waals surface area contributed by atoms with Gasteiger partial charge in [0.1, 0.15) is 0 Å². The number of aromatic nitrogens is 2. The minimum absolute atomic E-state index is 0.0120. The first-order chi connectivity index (χ1) is 8.74. The third-order valence-electron chi connectivity index (χ3n) is 2.77. The summed E-state index contributed by atoms with van der Waals surface area (Å²) in [5.74, 6) is 0. The number of pyridine rings is 2. The number of hydrogen-bond donors (Lipinski definition) is 1. The molecule has 0 saturated carbocycles. The van der Waals surface area contributed by atoms with Crippen LogP contribution in [0.25, 0.3) is 10.1 Å². The van der Waals surface area contributed by atoms with E-state index in [1.54, 1.807) is 40.4 Å². The minimum Gasteiger partial charge on any atom is -0.399 e. The molecule has 0 aromatic carbocycles. The summed E-state index contributed by atoms with van der Waals surface area (Å²) < 4.78 is 2.66. The van der Waals surface area contributed by atoms with E-state index in [-0.39, 0.29) is 5.56 Å². The Hall–Kier alpha value is -2.14. The number of anilines is 1. The lowest BCUT2D eigenvalue weighted by atomic mass is 10.3. The molecule has 90 valence electrons. The highest BCUT2D eigenvalue weighted by atomic mass is 32.1. The number of nitrogens with two attached hydrogens (primary N) is 1. The fraction of sp³-hybridized carbons (Fsp3) is 0.0769. The van der Waals surface area contributed by atoms with Gasteiger partial charge in [0.25, 0.3) is 5.56 Å². The van der Waals surface area contributed by atoms with Crippen molar-refractivity contribution in [3.63, 3.8) is 0 Å². The van der Waals surface area contributed by atoms with Crippen LogP contribution in [-0.2, 0) is 6.54 Å². The zero-order valence-corrected chi connectivity index (χ0v) is 10.4. The van der Waals surface area contributed by atoms with E-state index in [2.05, 4.69) is 4.98 Å². The maximum absolute atomic E-state index is 12.2. The second-order valence-electron chi connectivity index (χ2n) is 4.03. The van der Waals surface area contributed by atoms with E-state index in [0.29, 0.717) is 12.2 Å². The van der Waals surface area contributed by atoms with E-state index in [0.717, 1.165) is 15.8 Å². The fourth-order valence-electron chi connectivity index (χ4n) is 1.89. The third-order valence-corrected chi connectivity index (χ3v) is 3.65. The molecule has 0 aliphatic heterocycles. The highest BCUT2D eigenvalue weighted by Crippen LogP contribution is 2.16. The van der Waals surface area contributed by atoms with Crippen molar-refractivity contribution >= 4 is 27.1 Å². The molecule has 3 aromatic heterocycles. The van der Waals surface area contributed by atoms with Gasteiger partial charge < -0.3 is 10.3 Å². The van der Waals surface area contributed by atoms with E-state index in [9.17, 15) is 4.79 Å². The van der Waals surface area contributed by atoms with Crippen molar-refractivity contribution in [2.24, 2.45) is 0 Å². The van der Waals surface area contributed by atoms with Crippen LogP contribution in [0, 0.1) is 0 Å². The number of nitrogens with zero attached hydrogens (tertiary/aromatic N) is 2. The van der Waals surface area contributed by atoms with Gasteiger partial charge >= 0.3 is 0 Å². The molecule has 0 unspecified atom stereocenters. The molecule has 3 rings (SSSR count). The lowest BCUT2D eigenvalue weighted by molar-refractivity contribution is 0.748. The molecule has 0 fully saturated rings. The topological polar surface area (TPSA) is 60.9 Å². The van der Waals surface area contributed by atoms with Crippen molar-refractivity contribution in [3.8, 4) is 0 Å². The smallest absolute Gasteiger partial charge is 0.259 e. The van der Waals surface area contributed by atoms with E-state index >= 15 is 0 Å². The summed E-state index contributed by atoms with van der Waals surface area (Å²) in [5, 5.41) is 2.68. The first-order valence-corrected chi connectivity index (χ1v) is 6.39. The summed E-state index contributed by atoms with van der Waals surface area (Å²) >= 11 is 1.57. The number of thiophene rings is 1. The molecular weight excluding hydrogens is 246 g/mol. The van der Waals surface area contributed by atoms with E-state index in [1.165, 1.54) is 0 Å². The van der Waals surface area contributed by atoms with Gasteiger partial charge in [0, 0.05) is 22.8 Å². The molecule has 3 aromatic rings. The van der Waals surface area contributed by atoms with Crippen LogP contribution < -0.4 is 11.3 Å². The molecule has 18 heavy (non-hydrogen) atoms. The van der Waals surface area contributed by atoms with Crippen LogP contribution in [0.3, 0.4) is 0 Å². The summed E-state index contributed by atoms with van der Waals surface area (Å²) in [6.45, 7) is 0.440. The predicted molar refractivity (Wildman–Crippen MR) is 73.8 cm³/mol. The second-order valence-corrected chi connectivity index (χ2v) is 4.98. The van der Waals surface area contributed by atoms with Crippen molar-refractivity contribution in [2.75, 3.05) is 5.73 Å². The molecule has 2 N–H and O–H groups in total. The summed E-state index contributed by atoms with van der Waals surface area (Å²) in [5.41, 5.74) is 7.15. The Morgan fingerprint density at radius 1 is 1.33 bits per heavy atom. The summed E-state index contributed by atoms with van der Waals surface area (Å²) in [7, 11) is 0. The van der Waals surface area contributed by atoms with Crippen molar-refractivity contribution in [3.05, 3.63) is 58.1 Å². The van der Waals surface area contributed by atoms with Crippen LogP contribution in [0.4, 0.5) is 5.69 Å². The van der Waals surface area contributed by atoms with E-state index in [1.807, 2.05) is 17.5 Å². The van der Waals surface area contributed by atoms with E-state index in [4.69, 9.17) is 5.73 Å². The van der Waals surface area contributed by atoms with Crippen LogP contribution in [0.1, 0.15) is 5.69 Å². The van der Waals surface area contributed by atoms with Crippen LogP contribution in [0.15, 0.2) is 46.8 Å². The zero-order valence-electron chi connectivity index (χ0n) is 9.54. The van der Waals surface area contributed by atoms with Crippen LogP contribution >= 0.6 is 11.3 Å². The van der Waals surface area contributed by atoms with Crippen LogP contribution in [0.5, 0.6) is 0 Å². The molecule has 0 amide bonds. The molecule has 5 heteroatoms. The Morgan fingerprint density at radius 3 is 3.06 bits per heavy atom. The van der Waals surface area contributed by atoms with Gasteiger partial charge in [-0.3, -0.25) is 9.78 Å². The zero-order chi connectivity index (χ0) is 12.5. The van der Waals surface area contributed by atoms with Crippen molar-refractivity contribution in [2.45, 2.75) is 6.54 Å². The molecule has 4 nitrogen and oxygen atoms in total. The Balaban J connectivity index is 2.05. The Labute approximate surface area is 107 Å². The molecule has 0 radical (unpaired) electrons. The first kappa shape index (κ1) is 11.0. The SMILES string of the molecule is Nc1ccnc(Cn2ccc3sccc3c2=O)c1. The average Bonchev–Trinajstić information content (AvgIpc) is 2.82. The third kappa shape index (κ3) is 1.89. The predicted octanol–water partition coefficient (Wildman–Crippen LogP) is 2.09. The van der Waals surface area contributed by atoms with Gasteiger partial charge in [-0.25, -0.2) is 0 Å². The summed E-state index contributed by atoms with van der Waals surface area (Å²) in [4.78, 5) is 16.4. The number of rotatable bonds is 2. The van der Waals surface area contributed by atoms with Gasteiger partial charge in [-0.2, -0.15) is 0 Å². The highest BCUT2D eigenvalue weighted by molar-refractivity contribution is 7.17. The number of nitrogen functional groups attached to an aromatic ring is 1. The standard InChI is InChI=1S/C13H11N3OS/c14-9-1-4-15-10(7-9)8-16-5-2-12-11(13(16)17)3-6-18-12/h1-7H,8H2,(H2,14,15). The molecule has 3 heterocycles. The van der Waals surface area contributed by atoms with Crippen LogP contribution in [-0.4, -0.2) is 9.55 Å².